The van der Waals surface area contributed by atoms with Crippen LogP contribution >= 0.6 is 0 Å². The van der Waals surface area contributed by atoms with Crippen LogP contribution in [0.2, 0.25) is 0 Å². The molecule has 0 saturated carbocycles. The van der Waals surface area contributed by atoms with Crippen molar-refractivity contribution in [2.75, 3.05) is 13.7 Å². The summed E-state index contributed by atoms with van der Waals surface area (Å²) in [5.41, 5.74) is 0.633. The van der Waals surface area contributed by atoms with Gasteiger partial charge in [0, 0.05) is 18.5 Å². The van der Waals surface area contributed by atoms with Crippen LogP contribution in [0.1, 0.15) is 23.2 Å². The van der Waals surface area contributed by atoms with Crippen molar-refractivity contribution in [2.45, 2.75) is 18.9 Å². The molecule has 0 aliphatic carbocycles. The van der Waals surface area contributed by atoms with Gasteiger partial charge >= 0.3 is 5.97 Å². The third-order valence-electron chi connectivity index (χ3n) is 2.75. The van der Waals surface area contributed by atoms with Gasteiger partial charge in [-0.2, -0.15) is 0 Å². The second kappa shape index (κ2) is 8.21. The van der Waals surface area contributed by atoms with Crippen molar-refractivity contribution in [1.29, 1.82) is 0 Å². The van der Waals surface area contributed by atoms with E-state index >= 15 is 0 Å². The fraction of sp³-hybridized carbons (Fsp3) is 0.333. The molecule has 1 rings (SSSR count). The van der Waals surface area contributed by atoms with E-state index < -0.39 is 6.04 Å². The zero-order chi connectivity index (χ0) is 14.1. The number of hydrogen-bond acceptors (Lipinski definition) is 4. The molecule has 0 heterocycles. The molecule has 4 heteroatoms. The zero-order valence-electron chi connectivity index (χ0n) is 11.1. The first kappa shape index (κ1) is 15.1. The van der Waals surface area contributed by atoms with Gasteiger partial charge in [-0.3, -0.25) is 9.59 Å². The number of esters is 1. The highest BCUT2D eigenvalue weighted by Crippen LogP contribution is 2.08. The molecule has 1 aromatic carbocycles. The van der Waals surface area contributed by atoms with E-state index in [1.165, 1.54) is 7.11 Å². The first-order valence-corrected chi connectivity index (χ1v) is 6.19. The molecule has 19 heavy (non-hydrogen) atoms. The number of ether oxygens (including phenoxy) is 1. The summed E-state index contributed by atoms with van der Waals surface area (Å²) in [7, 11) is 1.34. The van der Waals surface area contributed by atoms with Gasteiger partial charge in [0.1, 0.15) is 0 Å². The SMILES string of the molecule is C=CCNC(CCC(=O)OC)C(=O)c1ccccc1. The molecule has 0 spiro atoms. The summed E-state index contributed by atoms with van der Waals surface area (Å²) >= 11 is 0. The predicted molar refractivity (Wildman–Crippen MR) is 74.0 cm³/mol. The van der Waals surface area contributed by atoms with Gasteiger partial charge < -0.3 is 10.1 Å². The molecule has 0 amide bonds. The van der Waals surface area contributed by atoms with Crippen molar-refractivity contribution in [2.24, 2.45) is 0 Å². The average molecular weight is 261 g/mol. The molecule has 0 aliphatic heterocycles. The van der Waals surface area contributed by atoms with Crippen LogP contribution in [0.5, 0.6) is 0 Å². The van der Waals surface area contributed by atoms with Crippen LogP contribution in [0, 0.1) is 0 Å². The molecule has 0 radical (unpaired) electrons. The molecular weight excluding hydrogens is 242 g/mol. The number of nitrogens with one attached hydrogen (secondary N) is 1. The molecule has 0 bridgehead atoms. The Balaban J connectivity index is 2.69. The topological polar surface area (TPSA) is 55.4 Å². The summed E-state index contributed by atoms with van der Waals surface area (Å²) in [6.07, 6.45) is 2.31. The third kappa shape index (κ3) is 5.06. The van der Waals surface area contributed by atoms with E-state index in [1.807, 2.05) is 18.2 Å². The second-order valence-electron chi connectivity index (χ2n) is 4.09. The van der Waals surface area contributed by atoms with E-state index in [0.29, 0.717) is 18.5 Å². The molecule has 0 aromatic heterocycles. The first-order chi connectivity index (χ1) is 9.19. The summed E-state index contributed by atoms with van der Waals surface area (Å²) in [6.45, 7) is 4.13. The van der Waals surface area contributed by atoms with Crippen molar-refractivity contribution >= 4 is 11.8 Å². The monoisotopic (exact) mass is 261 g/mol. The van der Waals surface area contributed by atoms with E-state index in [1.54, 1.807) is 18.2 Å². The Morgan fingerprint density at radius 1 is 1.37 bits per heavy atom. The quantitative estimate of drug-likeness (QED) is 0.441. The second-order valence-corrected chi connectivity index (χ2v) is 4.09. The Kier molecular flexibility index (Phi) is 6.53. The Hall–Kier alpha value is -1.94. The van der Waals surface area contributed by atoms with Crippen LogP contribution in [-0.2, 0) is 9.53 Å². The first-order valence-electron chi connectivity index (χ1n) is 6.19. The summed E-state index contributed by atoms with van der Waals surface area (Å²) < 4.78 is 4.59. The molecule has 1 atom stereocenters. The highest BCUT2D eigenvalue weighted by atomic mass is 16.5. The van der Waals surface area contributed by atoms with Gasteiger partial charge in [0.05, 0.1) is 13.2 Å². The van der Waals surface area contributed by atoms with E-state index in [4.69, 9.17) is 0 Å². The van der Waals surface area contributed by atoms with Crippen LogP contribution < -0.4 is 5.32 Å². The third-order valence-corrected chi connectivity index (χ3v) is 2.75. The van der Waals surface area contributed by atoms with E-state index in [0.717, 1.165) is 0 Å². The largest absolute Gasteiger partial charge is 0.469 e. The molecule has 102 valence electrons. The van der Waals surface area contributed by atoms with Gasteiger partial charge in [0.2, 0.25) is 0 Å². The minimum Gasteiger partial charge on any atom is -0.469 e. The summed E-state index contributed by atoms with van der Waals surface area (Å²) in [4.78, 5) is 23.5. The van der Waals surface area contributed by atoms with Crippen LogP contribution in [0.25, 0.3) is 0 Å². The zero-order valence-corrected chi connectivity index (χ0v) is 11.1. The van der Waals surface area contributed by atoms with Crippen LogP contribution in [0.15, 0.2) is 43.0 Å². The van der Waals surface area contributed by atoms with E-state index in [9.17, 15) is 9.59 Å². The van der Waals surface area contributed by atoms with Gasteiger partial charge in [-0.1, -0.05) is 36.4 Å². The van der Waals surface area contributed by atoms with Crippen LogP contribution in [-0.4, -0.2) is 31.4 Å². The number of methoxy groups -OCH3 is 1. The summed E-state index contributed by atoms with van der Waals surface area (Å²) in [5, 5.41) is 3.07. The van der Waals surface area contributed by atoms with Crippen molar-refractivity contribution < 1.29 is 14.3 Å². The van der Waals surface area contributed by atoms with Crippen molar-refractivity contribution in [3.8, 4) is 0 Å². The lowest BCUT2D eigenvalue weighted by Crippen LogP contribution is -2.37. The number of carbonyl (C=O) groups excluding carboxylic acids is 2. The highest BCUT2D eigenvalue weighted by Gasteiger charge is 2.20. The molecule has 1 aromatic rings. The van der Waals surface area contributed by atoms with Gasteiger partial charge in [-0.15, -0.1) is 6.58 Å². The Bertz CT molecular complexity index is 428. The van der Waals surface area contributed by atoms with Crippen LogP contribution in [0.4, 0.5) is 0 Å². The average Bonchev–Trinajstić information content (AvgIpc) is 2.47. The fourth-order valence-electron chi connectivity index (χ4n) is 1.72. The predicted octanol–water partition coefficient (Wildman–Crippen LogP) is 1.97. The molecule has 1 N–H and O–H groups in total. The maximum absolute atomic E-state index is 12.3. The van der Waals surface area contributed by atoms with Gasteiger partial charge in [-0.05, 0) is 6.42 Å². The molecule has 0 saturated heterocycles. The number of benzene rings is 1. The lowest BCUT2D eigenvalue weighted by atomic mass is 10.00. The fourth-order valence-corrected chi connectivity index (χ4v) is 1.72. The smallest absolute Gasteiger partial charge is 0.305 e. The lowest BCUT2D eigenvalue weighted by molar-refractivity contribution is -0.140. The van der Waals surface area contributed by atoms with Crippen molar-refractivity contribution in [3.63, 3.8) is 0 Å². The number of Topliss-reactive ketones (excluding diaryl/α,β-unsaturated/α-hetero) is 1. The van der Waals surface area contributed by atoms with Crippen molar-refractivity contribution in [3.05, 3.63) is 48.6 Å². The van der Waals surface area contributed by atoms with Crippen molar-refractivity contribution in [1.82, 2.24) is 5.32 Å². The van der Waals surface area contributed by atoms with Gasteiger partial charge in [0.25, 0.3) is 0 Å². The Labute approximate surface area is 113 Å². The number of ketones is 1. The van der Waals surface area contributed by atoms with E-state index in [2.05, 4.69) is 16.6 Å². The Morgan fingerprint density at radius 3 is 2.63 bits per heavy atom. The van der Waals surface area contributed by atoms with Gasteiger partial charge in [-0.25, -0.2) is 0 Å². The maximum Gasteiger partial charge on any atom is 0.305 e. The number of hydrogen-bond donors (Lipinski definition) is 1. The molecular formula is C15H19NO3. The maximum atomic E-state index is 12.3. The number of carbonyl (C=O) groups is 2. The molecule has 4 nitrogen and oxygen atoms in total. The lowest BCUT2D eigenvalue weighted by Gasteiger charge is -2.16. The number of rotatable bonds is 8. The molecule has 0 fully saturated rings. The highest BCUT2D eigenvalue weighted by molar-refractivity contribution is 6.00. The minimum absolute atomic E-state index is 0.0219. The molecule has 0 aliphatic rings. The summed E-state index contributed by atoms with van der Waals surface area (Å²) in [5.74, 6) is -0.336. The Morgan fingerprint density at radius 2 is 2.05 bits per heavy atom. The van der Waals surface area contributed by atoms with Crippen LogP contribution in [0.3, 0.4) is 0 Å². The minimum atomic E-state index is -0.403. The standard InChI is InChI=1S/C15H19NO3/c1-3-11-16-13(9-10-14(17)19-2)15(18)12-7-5-4-6-8-12/h3-8,13,16H,1,9-11H2,2H3. The molecule has 1 unspecified atom stereocenters. The normalized spacial score (nSPS) is 11.6. The van der Waals surface area contributed by atoms with Gasteiger partial charge in [0.15, 0.2) is 5.78 Å². The van der Waals surface area contributed by atoms with E-state index in [-0.39, 0.29) is 18.2 Å². The summed E-state index contributed by atoms with van der Waals surface area (Å²) in [6, 6.07) is 8.62.